The molecule has 3 heterocycles. The van der Waals surface area contributed by atoms with E-state index in [1.165, 1.54) is 30.6 Å². The zero-order valence-electron chi connectivity index (χ0n) is 13.7. The predicted octanol–water partition coefficient (Wildman–Crippen LogP) is 4.40. The normalized spacial score (nSPS) is 21.0. The topological polar surface area (TPSA) is 46.9 Å². The second kappa shape index (κ2) is 6.40. The zero-order valence-corrected chi connectivity index (χ0v) is 14.6. The molecule has 0 bridgehead atoms. The van der Waals surface area contributed by atoms with E-state index in [9.17, 15) is 4.79 Å². The van der Waals surface area contributed by atoms with Gasteiger partial charge in [0, 0.05) is 30.0 Å². The quantitative estimate of drug-likeness (QED) is 0.769. The first kappa shape index (κ1) is 15.4. The molecule has 3 aromatic rings. The van der Waals surface area contributed by atoms with Gasteiger partial charge in [-0.1, -0.05) is 19.8 Å². The van der Waals surface area contributed by atoms with Gasteiger partial charge in [-0.25, -0.2) is 4.98 Å². The lowest BCUT2D eigenvalue weighted by Gasteiger charge is -2.29. The van der Waals surface area contributed by atoms with Crippen LogP contribution in [0, 0.1) is 5.92 Å². The maximum absolute atomic E-state index is 13.0. The maximum atomic E-state index is 13.0. The van der Waals surface area contributed by atoms with Crippen molar-refractivity contribution in [2.45, 2.75) is 38.6 Å². The van der Waals surface area contributed by atoms with E-state index in [4.69, 9.17) is 0 Å². The molecule has 1 amide bonds. The van der Waals surface area contributed by atoms with Crippen molar-refractivity contribution >= 4 is 27.5 Å². The zero-order chi connectivity index (χ0) is 16.5. The van der Waals surface area contributed by atoms with E-state index in [-0.39, 0.29) is 11.9 Å². The minimum absolute atomic E-state index is 0.0282. The number of carbonyl (C=O) groups excluding carboxylic acids is 1. The molecule has 1 aliphatic rings. The van der Waals surface area contributed by atoms with Gasteiger partial charge in [-0.2, -0.15) is 0 Å². The Kier molecular flexibility index (Phi) is 4.10. The van der Waals surface area contributed by atoms with Crippen molar-refractivity contribution in [2.24, 2.45) is 5.92 Å². The van der Waals surface area contributed by atoms with Crippen LogP contribution < -0.4 is 5.32 Å². The van der Waals surface area contributed by atoms with E-state index in [0.717, 1.165) is 27.2 Å². The second-order valence-corrected chi connectivity index (χ2v) is 7.57. The highest BCUT2D eigenvalue weighted by atomic mass is 32.1. The Labute approximate surface area is 145 Å². The molecule has 4 nitrogen and oxygen atoms in total. The minimum atomic E-state index is 0.0282. The molecule has 0 radical (unpaired) electrons. The van der Waals surface area contributed by atoms with Crippen LogP contribution in [0.15, 0.2) is 42.9 Å². The van der Waals surface area contributed by atoms with Crippen LogP contribution in [0.5, 0.6) is 0 Å². The average Bonchev–Trinajstić information content (AvgIpc) is 3.23. The van der Waals surface area contributed by atoms with Gasteiger partial charge < -0.3 is 9.88 Å². The number of thiophene rings is 1. The molecule has 1 fully saturated rings. The summed E-state index contributed by atoms with van der Waals surface area (Å²) in [5.41, 5.74) is 0.939. The highest BCUT2D eigenvalue weighted by molar-refractivity contribution is 7.21. The SMILES string of the molecule is C[C@H]1CCCC[C@@H]1NC(=O)c1sc2ncccc2c1-n1cccc1. The van der Waals surface area contributed by atoms with Gasteiger partial charge in [0.1, 0.15) is 9.71 Å². The molecule has 0 saturated heterocycles. The fraction of sp³-hybridized carbons (Fsp3) is 0.368. The number of hydrogen-bond acceptors (Lipinski definition) is 3. The summed E-state index contributed by atoms with van der Waals surface area (Å²) in [6, 6.07) is 8.19. The Morgan fingerprint density at radius 1 is 1.25 bits per heavy atom. The molecule has 124 valence electrons. The number of nitrogens with zero attached hydrogens (tertiary/aromatic N) is 2. The molecule has 2 atom stereocenters. The van der Waals surface area contributed by atoms with Gasteiger partial charge in [0.05, 0.1) is 5.69 Å². The largest absolute Gasteiger partial charge is 0.348 e. The summed E-state index contributed by atoms with van der Waals surface area (Å²) in [6.45, 7) is 2.24. The van der Waals surface area contributed by atoms with E-state index >= 15 is 0 Å². The molecule has 5 heteroatoms. The molecule has 0 spiro atoms. The molecule has 1 saturated carbocycles. The Morgan fingerprint density at radius 3 is 2.83 bits per heavy atom. The van der Waals surface area contributed by atoms with Crippen LogP contribution in [-0.2, 0) is 0 Å². The lowest BCUT2D eigenvalue weighted by Crippen LogP contribution is -2.41. The number of amides is 1. The Morgan fingerprint density at radius 2 is 2.04 bits per heavy atom. The number of hydrogen-bond donors (Lipinski definition) is 1. The third-order valence-electron chi connectivity index (χ3n) is 4.94. The molecular formula is C19H21N3OS. The summed E-state index contributed by atoms with van der Waals surface area (Å²) in [5, 5.41) is 4.31. The first-order valence-corrected chi connectivity index (χ1v) is 9.37. The number of nitrogens with one attached hydrogen (secondary N) is 1. The molecule has 4 rings (SSSR count). The first-order valence-electron chi connectivity index (χ1n) is 8.56. The van der Waals surface area contributed by atoms with Gasteiger partial charge in [0.15, 0.2) is 0 Å². The summed E-state index contributed by atoms with van der Waals surface area (Å²) in [7, 11) is 0. The molecule has 3 aromatic heterocycles. The smallest absolute Gasteiger partial charge is 0.263 e. The average molecular weight is 339 g/mol. The van der Waals surface area contributed by atoms with Crippen LogP contribution in [0.2, 0.25) is 0 Å². The van der Waals surface area contributed by atoms with E-state index in [1.54, 1.807) is 6.20 Å². The summed E-state index contributed by atoms with van der Waals surface area (Å²) < 4.78 is 2.01. The van der Waals surface area contributed by atoms with Crippen molar-refractivity contribution in [1.82, 2.24) is 14.9 Å². The van der Waals surface area contributed by atoms with Crippen molar-refractivity contribution in [3.8, 4) is 5.69 Å². The molecule has 0 aliphatic heterocycles. The van der Waals surface area contributed by atoms with E-state index in [2.05, 4.69) is 17.2 Å². The monoisotopic (exact) mass is 339 g/mol. The molecule has 1 aliphatic carbocycles. The van der Waals surface area contributed by atoms with Crippen molar-refractivity contribution in [3.63, 3.8) is 0 Å². The Balaban J connectivity index is 1.73. The predicted molar refractivity (Wildman–Crippen MR) is 97.8 cm³/mol. The summed E-state index contributed by atoms with van der Waals surface area (Å²) in [6.07, 6.45) is 10.5. The van der Waals surface area contributed by atoms with E-state index < -0.39 is 0 Å². The standard InChI is InChI=1S/C19H21N3OS/c1-13-7-2-3-9-15(13)21-18(23)17-16(22-11-4-5-12-22)14-8-6-10-20-19(14)24-17/h4-6,8,10-13,15H,2-3,7,9H2,1H3,(H,21,23)/t13-,15-/m0/s1. The van der Waals surface area contributed by atoms with Gasteiger partial charge >= 0.3 is 0 Å². The Bertz CT molecular complexity index is 853. The third-order valence-corrected chi connectivity index (χ3v) is 6.04. The van der Waals surface area contributed by atoms with Crippen LogP contribution in [0.4, 0.5) is 0 Å². The van der Waals surface area contributed by atoms with Crippen LogP contribution in [0.1, 0.15) is 42.3 Å². The fourth-order valence-electron chi connectivity index (χ4n) is 3.58. The van der Waals surface area contributed by atoms with Crippen molar-refractivity contribution in [2.75, 3.05) is 0 Å². The van der Waals surface area contributed by atoms with E-state index in [1.807, 2.05) is 41.2 Å². The van der Waals surface area contributed by atoms with Gasteiger partial charge in [-0.3, -0.25) is 4.79 Å². The molecule has 0 aromatic carbocycles. The van der Waals surface area contributed by atoms with E-state index in [0.29, 0.717) is 5.92 Å². The number of pyridine rings is 1. The van der Waals surface area contributed by atoms with Gasteiger partial charge in [-0.05, 0) is 43.0 Å². The lowest BCUT2D eigenvalue weighted by atomic mass is 9.86. The number of aromatic nitrogens is 2. The van der Waals surface area contributed by atoms with Crippen molar-refractivity contribution < 1.29 is 4.79 Å². The van der Waals surface area contributed by atoms with Crippen molar-refractivity contribution in [1.29, 1.82) is 0 Å². The highest BCUT2D eigenvalue weighted by Crippen LogP contribution is 2.33. The number of carbonyl (C=O) groups is 1. The van der Waals surface area contributed by atoms with Gasteiger partial charge in [-0.15, -0.1) is 11.3 Å². The minimum Gasteiger partial charge on any atom is -0.348 e. The van der Waals surface area contributed by atoms with Gasteiger partial charge in [0.25, 0.3) is 5.91 Å². The number of fused-ring (bicyclic) bond motifs is 1. The molecule has 0 unspecified atom stereocenters. The van der Waals surface area contributed by atoms with Crippen LogP contribution in [0.3, 0.4) is 0 Å². The fourth-order valence-corrected chi connectivity index (χ4v) is 4.62. The highest BCUT2D eigenvalue weighted by Gasteiger charge is 2.26. The third kappa shape index (κ3) is 2.73. The Hall–Kier alpha value is -2.14. The molecule has 1 N–H and O–H groups in total. The van der Waals surface area contributed by atoms with Crippen LogP contribution in [0.25, 0.3) is 15.9 Å². The summed E-state index contributed by atoms with van der Waals surface area (Å²) in [4.78, 5) is 19.1. The molecule has 24 heavy (non-hydrogen) atoms. The van der Waals surface area contributed by atoms with Gasteiger partial charge in [0.2, 0.25) is 0 Å². The summed E-state index contributed by atoms with van der Waals surface area (Å²) >= 11 is 1.48. The number of rotatable bonds is 3. The van der Waals surface area contributed by atoms with Crippen molar-refractivity contribution in [3.05, 3.63) is 47.7 Å². The van der Waals surface area contributed by atoms with Crippen LogP contribution in [-0.4, -0.2) is 21.5 Å². The summed E-state index contributed by atoms with van der Waals surface area (Å²) in [5.74, 6) is 0.575. The lowest BCUT2D eigenvalue weighted by molar-refractivity contribution is 0.0914. The van der Waals surface area contributed by atoms with Crippen LogP contribution >= 0.6 is 11.3 Å². The second-order valence-electron chi connectivity index (χ2n) is 6.57. The first-order chi connectivity index (χ1) is 11.7. The maximum Gasteiger partial charge on any atom is 0.263 e. The molecular weight excluding hydrogens is 318 g/mol.